The average molecular weight is 415 g/mol. The number of carbonyl (C=O) groups excluding carboxylic acids is 2. The third-order valence-electron chi connectivity index (χ3n) is 6.00. The summed E-state index contributed by atoms with van der Waals surface area (Å²) in [5.74, 6) is 0.542. The quantitative estimate of drug-likeness (QED) is 0.731. The van der Waals surface area contributed by atoms with Gasteiger partial charge >= 0.3 is 5.97 Å². The molecule has 2 aliphatic rings. The highest BCUT2D eigenvalue weighted by molar-refractivity contribution is 5.94. The highest BCUT2D eigenvalue weighted by Gasteiger charge is 2.30. The van der Waals surface area contributed by atoms with Crippen LogP contribution in [0.5, 0.6) is 0 Å². The summed E-state index contributed by atoms with van der Waals surface area (Å²) in [6.45, 7) is 4.26. The molecule has 8 heteroatoms. The van der Waals surface area contributed by atoms with Crippen LogP contribution in [0.1, 0.15) is 70.7 Å². The molecule has 1 fully saturated rings. The van der Waals surface area contributed by atoms with Crippen LogP contribution in [0.2, 0.25) is 0 Å². The van der Waals surface area contributed by atoms with Crippen molar-refractivity contribution in [2.75, 3.05) is 19.7 Å². The Labute approximate surface area is 176 Å². The molecule has 1 aliphatic heterocycles. The Bertz CT molecular complexity index is 910. The fourth-order valence-corrected chi connectivity index (χ4v) is 4.41. The largest absolute Gasteiger partial charge is 0.460 e. The lowest BCUT2D eigenvalue weighted by Gasteiger charge is -2.27. The Balaban J connectivity index is 1.41. The predicted octanol–water partition coefficient (Wildman–Crippen LogP) is 2.46. The molecule has 0 saturated carbocycles. The van der Waals surface area contributed by atoms with Crippen molar-refractivity contribution in [2.24, 2.45) is 7.05 Å². The van der Waals surface area contributed by atoms with Crippen LogP contribution in [0.15, 0.2) is 16.5 Å². The molecule has 1 unspecified atom stereocenters. The molecule has 30 heavy (non-hydrogen) atoms. The summed E-state index contributed by atoms with van der Waals surface area (Å²) in [7, 11) is 1.93. The van der Waals surface area contributed by atoms with E-state index in [1.54, 1.807) is 19.1 Å². The van der Waals surface area contributed by atoms with Gasteiger partial charge in [-0.2, -0.15) is 5.10 Å². The van der Waals surface area contributed by atoms with Gasteiger partial charge < -0.3 is 19.4 Å². The first-order valence-corrected chi connectivity index (χ1v) is 10.9. The minimum atomic E-state index is -0.442. The number of piperidine rings is 1. The summed E-state index contributed by atoms with van der Waals surface area (Å²) in [5, 5.41) is 8.10. The van der Waals surface area contributed by atoms with Gasteiger partial charge in [0.25, 0.3) is 5.91 Å². The Hall–Kier alpha value is -2.61. The van der Waals surface area contributed by atoms with Gasteiger partial charge in [0.05, 0.1) is 13.2 Å². The molecule has 0 aromatic carbocycles. The van der Waals surface area contributed by atoms with Crippen molar-refractivity contribution in [1.29, 1.82) is 0 Å². The normalized spacial score (nSPS) is 18.9. The zero-order valence-corrected chi connectivity index (χ0v) is 17.8. The minimum absolute atomic E-state index is 0.0670. The van der Waals surface area contributed by atoms with E-state index in [0.717, 1.165) is 56.5 Å². The van der Waals surface area contributed by atoms with Gasteiger partial charge in [-0.15, -0.1) is 0 Å². The van der Waals surface area contributed by atoms with Crippen molar-refractivity contribution in [3.8, 4) is 0 Å². The first-order chi connectivity index (χ1) is 14.6. The van der Waals surface area contributed by atoms with Crippen LogP contribution in [0, 0.1) is 0 Å². The summed E-state index contributed by atoms with van der Waals surface area (Å²) >= 11 is 0. The van der Waals surface area contributed by atoms with E-state index in [1.807, 2.05) is 16.6 Å². The van der Waals surface area contributed by atoms with Crippen LogP contribution in [-0.2, 0) is 31.2 Å². The number of hydrogen-bond acceptors (Lipinski definition) is 6. The molecule has 2 aromatic rings. The van der Waals surface area contributed by atoms with E-state index in [1.165, 1.54) is 6.42 Å². The molecule has 1 amide bonds. The highest BCUT2D eigenvalue weighted by Crippen LogP contribution is 2.26. The number of aromatic nitrogens is 2. The van der Waals surface area contributed by atoms with Crippen LogP contribution in [0.3, 0.4) is 0 Å². The number of amides is 1. The number of esters is 1. The maximum absolute atomic E-state index is 13.1. The minimum Gasteiger partial charge on any atom is -0.460 e. The number of rotatable bonds is 6. The summed E-state index contributed by atoms with van der Waals surface area (Å²) < 4.78 is 12.4. The fraction of sp³-hybridized carbons (Fsp3) is 0.591. The number of fused-ring (bicyclic) bond motifs is 1. The number of aryl methyl sites for hydroxylation is 1. The second-order valence-corrected chi connectivity index (χ2v) is 8.06. The molecular formula is C22H30N4O4. The highest BCUT2D eigenvalue weighted by atomic mass is 16.5. The maximum atomic E-state index is 13.1. The fourth-order valence-electron chi connectivity index (χ4n) is 4.41. The van der Waals surface area contributed by atoms with Gasteiger partial charge in [0.1, 0.15) is 5.76 Å². The van der Waals surface area contributed by atoms with Gasteiger partial charge in [-0.3, -0.25) is 9.48 Å². The molecule has 4 rings (SSSR count). The zero-order valence-electron chi connectivity index (χ0n) is 17.8. The van der Waals surface area contributed by atoms with Crippen LogP contribution in [-0.4, -0.2) is 52.3 Å². The Morgan fingerprint density at radius 3 is 2.83 bits per heavy atom. The SMILES string of the molecule is CCOC(=O)c1ccc(CNC2CCc3c(c(C(=O)N4CCCCC4)nn3C)C2)o1. The van der Waals surface area contributed by atoms with E-state index in [-0.39, 0.29) is 17.7 Å². The van der Waals surface area contributed by atoms with Crippen molar-refractivity contribution in [2.45, 2.75) is 58.0 Å². The Morgan fingerprint density at radius 1 is 1.27 bits per heavy atom. The van der Waals surface area contributed by atoms with Crippen LogP contribution in [0.25, 0.3) is 0 Å². The van der Waals surface area contributed by atoms with E-state index in [2.05, 4.69) is 10.4 Å². The van der Waals surface area contributed by atoms with E-state index in [9.17, 15) is 9.59 Å². The first kappa shape index (κ1) is 20.7. The van der Waals surface area contributed by atoms with E-state index >= 15 is 0 Å². The van der Waals surface area contributed by atoms with Gasteiger partial charge in [0, 0.05) is 37.4 Å². The molecule has 162 valence electrons. The molecule has 1 saturated heterocycles. The average Bonchev–Trinajstić information content (AvgIpc) is 3.37. The number of hydrogen-bond donors (Lipinski definition) is 1. The molecular weight excluding hydrogens is 384 g/mol. The number of ether oxygens (including phenoxy) is 1. The molecule has 0 spiro atoms. The van der Waals surface area contributed by atoms with Crippen molar-refractivity contribution in [3.05, 3.63) is 40.6 Å². The molecule has 0 bridgehead atoms. The summed E-state index contributed by atoms with van der Waals surface area (Å²) in [4.78, 5) is 26.8. The van der Waals surface area contributed by atoms with Crippen molar-refractivity contribution in [1.82, 2.24) is 20.0 Å². The second-order valence-electron chi connectivity index (χ2n) is 8.06. The second kappa shape index (κ2) is 9.04. The molecule has 1 aliphatic carbocycles. The molecule has 2 aromatic heterocycles. The lowest BCUT2D eigenvalue weighted by molar-refractivity contribution is 0.0487. The molecule has 0 radical (unpaired) electrons. The maximum Gasteiger partial charge on any atom is 0.374 e. The summed E-state index contributed by atoms with van der Waals surface area (Å²) in [6.07, 6.45) is 5.96. The molecule has 3 heterocycles. The smallest absolute Gasteiger partial charge is 0.374 e. The number of nitrogens with one attached hydrogen (secondary N) is 1. The van der Waals surface area contributed by atoms with Crippen LogP contribution >= 0.6 is 0 Å². The van der Waals surface area contributed by atoms with Gasteiger partial charge in [0.15, 0.2) is 5.69 Å². The lowest BCUT2D eigenvalue weighted by atomic mass is 9.91. The van der Waals surface area contributed by atoms with E-state index in [4.69, 9.17) is 9.15 Å². The first-order valence-electron chi connectivity index (χ1n) is 10.9. The van der Waals surface area contributed by atoms with Crippen molar-refractivity contribution >= 4 is 11.9 Å². The lowest BCUT2D eigenvalue weighted by Crippen LogP contribution is -2.38. The topological polar surface area (TPSA) is 89.6 Å². The number of likely N-dealkylation sites (tertiary alicyclic amines) is 1. The number of nitrogens with zero attached hydrogens (tertiary/aromatic N) is 3. The van der Waals surface area contributed by atoms with Crippen LogP contribution < -0.4 is 5.32 Å². The van der Waals surface area contributed by atoms with Crippen LogP contribution in [0.4, 0.5) is 0 Å². The third-order valence-corrected chi connectivity index (χ3v) is 6.00. The molecule has 8 nitrogen and oxygen atoms in total. The van der Waals surface area contributed by atoms with Gasteiger partial charge in [-0.25, -0.2) is 4.79 Å². The molecule has 1 N–H and O–H groups in total. The monoisotopic (exact) mass is 414 g/mol. The molecule has 1 atom stereocenters. The summed E-state index contributed by atoms with van der Waals surface area (Å²) in [6, 6.07) is 3.67. The Morgan fingerprint density at radius 2 is 2.07 bits per heavy atom. The standard InChI is InChI=1S/C22H30N4O4/c1-3-29-22(28)19-10-8-16(30-19)14-23-15-7-9-18-17(13-15)20(24-25(18)2)21(27)26-11-5-4-6-12-26/h8,10,15,23H,3-7,9,11-14H2,1-2H3. The number of carbonyl (C=O) groups is 2. The van der Waals surface area contributed by atoms with Gasteiger partial charge in [0.2, 0.25) is 5.76 Å². The predicted molar refractivity (Wildman–Crippen MR) is 110 cm³/mol. The van der Waals surface area contributed by atoms with Gasteiger partial charge in [-0.1, -0.05) is 0 Å². The van der Waals surface area contributed by atoms with Gasteiger partial charge in [-0.05, 0) is 57.6 Å². The van der Waals surface area contributed by atoms with Crippen molar-refractivity contribution < 1.29 is 18.7 Å². The van der Waals surface area contributed by atoms with E-state index < -0.39 is 5.97 Å². The Kier molecular flexibility index (Phi) is 6.22. The zero-order chi connectivity index (χ0) is 21.1. The third kappa shape index (κ3) is 4.28. The van der Waals surface area contributed by atoms with Crippen molar-refractivity contribution in [3.63, 3.8) is 0 Å². The van der Waals surface area contributed by atoms with E-state index in [0.29, 0.717) is 24.6 Å². The summed E-state index contributed by atoms with van der Waals surface area (Å²) in [5.41, 5.74) is 2.85. The number of furan rings is 1.